The lowest BCUT2D eigenvalue weighted by Crippen LogP contribution is -2.47. The number of carbonyl (C=O) groups excluding carboxylic acids is 1. The molecule has 1 saturated carbocycles. The van der Waals surface area contributed by atoms with Gasteiger partial charge in [-0.2, -0.15) is 4.31 Å². The van der Waals surface area contributed by atoms with Crippen LogP contribution in [0.25, 0.3) is 0 Å². The lowest BCUT2D eigenvalue weighted by atomic mass is 9.95. The zero-order valence-corrected chi connectivity index (χ0v) is 22.2. The van der Waals surface area contributed by atoms with Gasteiger partial charge in [-0.15, -0.1) is 0 Å². The summed E-state index contributed by atoms with van der Waals surface area (Å²) in [4.78, 5) is 13.2. The lowest BCUT2D eigenvalue weighted by Gasteiger charge is -2.33. The van der Waals surface area contributed by atoms with Crippen LogP contribution in [0.4, 0.5) is 0 Å². The Morgan fingerprint density at radius 3 is 2.35 bits per heavy atom. The standard InChI is InChI=1S/C26H35ClN2O4S/c1-17-13-19(3)23(14-18(17)2)20(4)28-26(30)16-29(21-9-7-6-8-10-21)34(31,32)22-11-12-25(33-5)24(27)15-22/h11-15,20-21H,6-10,16H2,1-5H3,(H,28,30)/t20-/m0/s1. The van der Waals surface area contributed by atoms with Crippen molar-refractivity contribution in [1.29, 1.82) is 0 Å². The van der Waals surface area contributed by atoms with E-state index in [-0.39, 0.29) is 34.5 Å². The second-order valence-electron chi connectivity index (χ2n) is 9.22. The van der Waals surface area contributed by atoms with Gasteiger partial charge in [0.2, 0.25) is 15.9 Å². The molecule has 6 nitrogen and oxygen atoms in total. The van der Waals surface area contributed by atoms with Gasteiger partial charge in [0.05, 0.1) is 29.6 Å². The summed E-state index contributed by atoms with van der Waals surface area (Å²) in [7, 11) is -2.45. The zero-order valence-electron chi connectivity index (χ0n) is 20.7. The van der Waals surface area contributed by atoms with Crippen LogP contribution >= 0.6 is 11.6 Å². The van der Waals surface area contributed by atoms with E-state index in [1.807, 2.05) is 20.8 Å². The zero-order chi connectivity index (χ0) is 25.0. The topological polar surface area (TPSA) is 75.7 Å². The third-order valence-corrected chi connectivity index (χ3v) is 8.93. The van der Waals surface area contributed by atoms with Gasteiger partial charge < -0.3 is 10.1 Å². The number of nitrogens with one attached hydrogen (secondary N) is 1. The highest BCUT2D eigenvalue weighted by Gasteiger charge is 2.34. The van der Waals surface area contributed by atoms with E-state index in [4.69, 9.17) is 16.3 Å². The highest BCUT2D eigenvalue weighted by molar-refractivity contribution is 7.89. The molecule has 3 rings (SSSR count). The molecule has 34 heavy (non-hydrogen) atoms. The first-order valence-corrected chi connectivity index (χ1v) is 13.6. The van der Waals surface area contributed by atoms with Crippen molar-refractivity contribution < 1.29 is 17.9 Å². The second kappa shape index (κ2) is 11.1. The fourth-order valence-electron chi connectivity index (χ4n) is 4.68. The van der Waals surface area contributed by atoms with E-state index in [2.05, 4.69) is 24.4 Å². The maximum absolute atomic E-state index is 13.7. The molecule has 0 unspecified atom stereocenters. The van der Waals surface area contributed by atoms with Crippen LogP contribution in [0, 0.1) is 20.8 Å². The molecule has 0 spiro atoms. The van der Waals surface area contributed by atoms with Crippen molar-refractivity contribution in [3.05, 3.63) is 57.6 Å². The van der Waals surface area contributed by atoms with Crippen LogP contribution in [0.3, 0.4) is 0 Å². The van der Waals surface area contributed by atoms with E-state index in [0.29, 0.717) is 5.75 Å². The Balaban J connectivity index is 1.85. The Labute approximate surface area is 208 Å². The number of halogens is 1. The number of amides is 1. The van der Waals surface area contributed by atoms with Crippen molar-refractivity contribution in [1.82, 2.24) is 9.62 Å². The number of nitrogens with zero attached hydrogens (tertiary/aromatic N) is 1. The average Bonchev–Trinajstić information content (AvgIpc) is 2.80. The van der Waals surface area contributed by atoms with Crippen LogP contribution in [0.1, 0.15) is 67.3 Å². The summed E-state index contributed by atoms with van der Waals surface area (Å²) in [6.07, 6.45) is 4.44. The molecule has 2 aromatic rings. The molecule has 1 fully saturated rings. The molecule has 1 aliphatic rings. The van der Waals surface area contributed by atoms with E-state index < -0.39 is 10.0 Å². The number of sulfonamides is 1. The molecule has 0 bridgehead atoms. The van der Waals surface area contributed by atoms with E-state index in [1.165, 1.54) is 29.1 Å². The Morgan fingerprint density at radius 1 is 1.09 bits per heavy atom. The quantitative estimate of drug-likeness (QED) is 0.514. The summed E-state index contributed by atoms with van der Waals surface area (Å²) in [6, 6.07) is 8.16. The predicted octanol–water partition coefficient (Wildman–Crippen LogP) is 5.47. The molecule has 8 heteroatoms. The summed E-state index contributed by atoms with van der Waals surface area (Å²) in [5.41, 5.74) is 4.49. The highest BCUT2D eigenvalue weighted by atomic mass is 35.5. The number of methoxy groups -OCH3 is 1. The van der Waals surface area contributed by atoms with Gasteiger partial charge in [0.25, 0.3) is 0 Å². The van der Waals surface area contributed by atoms with Gasteiger partial charge in [-0.05, 0) is 81.0 Å². The lowest BCUT2D eigenvalue weighted by molar-refractivity contribution is -0.122. The first-order valence-electron chi connectivity index (χ1n) is 11.8. The summed E-state index contributed by atoms with van der Waals surface area (Å²) in [6.45, 7) is 7.83. The van der Waals surface area contributed by atoms with Crippen LogP contribution in [-0.2, 0) is 14.8 Å². The van der Waals surface area contributed by atoms with Gasteiger partial charge in [-0.3, -0.25) is 4.79 Å². The van der Waals surface area contributed by atoms with Crippen molar-refractivity contribution >= 4 is 27.5 Å². The molecule has 1 atom stereocenters. The van der Waals surface area contributed by atoms with Crippen molar-refractivity contribution in [3.8, 4) is 5.75 Å². The van der Waals surface area contributed by atoms with Crippen molar-refractivity contribution in [2.24, 2.45) is 0 Å². The minimum Gasteiger partial charge on any atom is -0.495 e. The molecular formula is C26H35ClN2O4S. The fourth-order valence-corrected chi connectivity index (χ4v) is 6.67. The molecule has 0 aliphatic heterocycles. The third kappa shape index (κ3) is 5.93. The van der Waals surface area contributed by atoms with Gasteiger partial charge in [0.1, 0.15) is 5.75 Å². The van der Waals surface area contributed by atoms with Crippen molar-refractivity contribution in [2.45, 2.75) is 76.8 Å². The Morgan fingerprint density at radius 2 is 1.74 bits per heavy atom. The van der Waals surface area contributed by atoms with Crippen LogP contribution in [0.15, 0.2) is 35.2 Å². The van der Waals surface area contributed by atoms with Crippen LogP contribution < -0.4 is 10.1 Å². The largest absolute Gasteiger partial charge is 0.495 e. The molecule has 1 amide bonds. The molecule has 0 heterocycles. The summed E-state index contributed by atoms with van der Waals surface area (Å²) in [5.74, 6) is 0.0825. The molecule has 0 saturated heterocycles. The molecule has 1 aliphatic carbocycles. The van der Waals surface area contributed by atoms with E-state index in [9.17, 15) is 13.2 Å². The van der Waals surface area contributed by atoms with Gasteiger partial charge >= 0.3 is 0 Å². The number of carbonyl (C=O) groups is 1. The summed E-state index contributed by atoms with van der Waals surface area (Å²) in [5, 5.41) is 3.23. The number of aryl methyl sites for hydroxylation is 3. The Kier molecular flexibility index (Phi) is 8.66. The Bertz CT molecular complexity index is 1140. The smallest absolute Gasteiger partial charge is 0.243 e. The molecular weight excluding hydrogens is 472 g/mol. The normalized spacial score (nSPS) is 15.9. The second-order valence-corrected chi connectivity index (χ2v) is 11.5. The fraction of sp³-hybridized carbons (Fsp3) is 0.500. The van der Waals surface area contributed by atoms with E-state index in [0.717, 1.165) is 48.8 Å². The first kappa shape index (κ1) is 26.5. The number of benzene rings is 2. The number of hydrogen-bond acceptors (Lipinski definition) is 4. The highest BCUT2D eigenvalue weighted by Crippen LogP contribution is 2.32. The molecule has 1 N–H and O–H groups in total. The van der Waals surface area contributed by atoms with E-state index in [1.54, 1.807) is 6.07 Å². The predicted molar refractivity (Wildman–Crippen MR) is 136 cm³/mol. The van der Waals surface area contributed by atoms with Crippen LogP contribution in [0.5, 0.6) is 5.75 Å². The maximum atomic E-state index is 13.7. The summed E-state index contributed by atoms with van der Waals surface area (Å²) < 4.78 is 33.8. The van der Waals surface area contributed by atoms with Gasteiger partial charge in [0, 0.05) is 6.04 Å². The van der Waals surface area contributed by atoms with Crippen LogP contribution in [-0.4, -0.2) is 38.3 Å². The minimum absolute atomic E-state index is 0.0646. The molecule has 186 valence electrons. The SMILES string of the molecule is COc1ccc(S(=O)(=O)N(CC(=O)N[C@@H](C)c2cc(C)c(C)cc2C)C2CCCCC2)cc1Cl. The molecule has 0 radical (unpaired) electrons. The number of ether oxygens (including phenoxy) is 1. The van der Waals surface area contributed by atoms with Crippen molar-refractivity contribution in [3.63, 3.8) is 0 Å². The van der Waals surface area contributed by atoms with Gasteiger partial charge in [-0.1, -0.05) is 43.0 Å². The molecule has 2 aromatic carbocycles. The monoisotopic (exact) mass is 506 g/mol. The van der Waals surface area contributed by atoms with E-state index >= 15 is 0 Å². The third-order valence-electron chi connectivity index (χ3n) is 6.74. The molecule has 0 aromatic heterocycles. The minimum atomic E-state index is -3.93. The maximum Gasteiger partial charge on any atom is 0.243 e. The van der Waals surface area contributed by atoms with Gasteiger partial charge in [0.15, 0.2) is 0 Å². The Hall–Kier alpha value is -2.09. The summed E-state index contributed by atoms with van der Waals surface area (Å²) >= 11 is 6.22. The first-order chi connectivity index (χ1) is 16.0. The number of hydrogen-bond donors (Lipinski definition) is 1. The van der Waals surface area contributed by atoms with Gasteiger partial charge in [-0.25, -0.2) is 8.42 Å². The number of rotatable bonds is 8. The van der Waals surface area contributed by atoms with Crippen molar-refractivity contribution in [2.75, 3.05) is 13.7 Å². The van der Waals surface area contributed by atoms with Crippen LogP contribution in [0.2, 0.25) is 5.02 Å². The average molecular weight is 507 g/mol.